The Labute approximate surface area is 115 Å². The molecular weight excluding hydrogens is 240 g/mol. The van der Waals surface area contributed by atoms with Crippen molar-refractivity contribution in [3.05, 3.63) is 24.0 Å². The molecule has 0 saturated heterocycles. The highest BCUT2D eigenvalue weighted by molar-refractivity contribution is 5.93. The SMILES string of the molecule is CCNc1ccnc(C(=O)NCCN(C)C(C)C)c1. The molecule has 0 aromatic carbocycles. The number of nitrogens with zero attached hydrogens (tertiary/aromatic N) is 2. The second kappa shape index (κ2) is 7.74. The van der Waals surface area contributed by atoms with Gasteiger partial charge >= 0.3 is 0 Å². The number of pyridine rings is 1. The van der Waals surface area contributed by atoms with Crippen LogP contribution in [-0.4, -0.2) is 48.5 Å². The van der Waals surface area contributed by atoms with Crippen LogP contribution in [0.2, 0.25) is 0 Å². The molecular formula is C14H24N4O. The molecule has 0 bridgehead atoms. The molecule has 0 fully saturated rings. The molecule has 0 saturated carbocycles. The van der Waals surface area contributed by atoms with Crippen LogP contribution in [0, 0.1) is 0 Å². The molecule has 1 amide bonds. The number of anilines is 1. The van der Waals surface area contributed by atoms with Gasteiger partial charge in [0.25, 0.3) is 5.91 Å². The van der Waals surface area contributed by atoms with Crippen molar-refractivity contribution in [2.45, 2.75) is 26.8 Å². The van der Waals surface area contributed by atoms with E-state index < -0.39 is 0 Å². The smallest absolute Gasteiger partial charge is 0.269 e. The lowest BCUT2D eigenvalue weighted by molar-refractivity contribution is 0.0943. The molecule has 0 radical (unpaired) electrons. The molecule has 1 aromatic rings. The fraction of sp³-hybridized carbons (Fsp3) is 0.571. The first-order chi connectivity index (χ1) is 9.04. The minimum absolute atomic E-state index is 0.128. The third-order valence-corrected chi connectivity index (χ3v) is 3.01. The van der Waals surface area contributed by atoms with Crippen molar-refractivity contribution < 1.29 is 4.79 Å². The Morgan fingerprint density at radius 2 is 2.21 bits per heavy atom. The van der Waals surface area contributed by atoms with Gasteiger partial charge in [-0.25, -0.2) is 0 Å². The van der Waals surface area contributed by atoms with Crippen molar-refractivity contribution in [1.82, 2.24) is 15.2 Å². The number of carbonyl (C=O) groups is 1. The van der Waals surface area contributed by atoms with Crippen molar-refractivity contribution >= 4 is 11.6 Å². The summed E-state index contributed by atoms with van der Waals surface area (Å²) in [6.07, 6.45) is 1.65. The predicted molar refractivity (Wildman–Crippen MR) is 78.5 cm³/mol. The lowest BCUT2D eigenvalue weighted by Crippen LogP contribution is -2.36. The zero-order valence-electron chi connectivity index (χ0n) is 12.2. The molecule has 1 aromatic heterocycles. The summed E-state index contributed by atoms with van der Waals surface area (Å²) in [6.45, 7) is 8.55. The first-order valence-corrected chi connectivity index (χ1v) is 6.73. The maximum absolute atomic E-state index is 11.9. The van der Waals surface area contributed by atoms with Gasteiger partial charge in [0.05, 0.1) is 0 Å². The fourth-order valence-electron chi connectivity index (χ4n) is 1.56. The Hall–Kier alpha value is -1.62. The van der Waals surface area contributed by atoms with Gasteiger partial charge in [-0.2, -0.15) is 0 Å². The summed E-state index contributed by atoms with van der Waals surface area (Å²) in [5, 5.41) is 6.05. The summed E-state index contributed by atoms with van der Waals surface area (Å²) in [7, 11) is 2.04. The standard InChI is InChI=1S/C14H24N4O/c1-5-15-12-6-7-16-13(10-12)14(19)17-8-9-18(4)11(2)3/h6-7,10-11H,5,8-9H2,1-4H3,(H,15,16)(H,17,19). The molecule has 0 aliphatic rings. The minimum atomic E-state index is -0.128. The van der Waals surface area contributed by atoms with Gasteiger partial charge in [0.2, 0.25) is 0 Å². The summed E-state index contributed by atoms with van der Waals surface area (Å²) in [4.78, 5) is 18.2. The molecule has 106 valence electrons. The van der Waals surface area contributed by atoms with Gasteiger partial charge in [0.15, 0.2) is 0 Å². The normalized spacial score (nSPS) is 10.8. The van der Waals surface area contributed by atoms with Crippen LogP contribution in [0.5, 0.6) is 0 Å². The van der Waals surface area contributed by atoms with E-state index in [4.69, 9.17) is 0 Å². The average Bonchev–Trinajstić information content (AvgIpc) is 2.39. The Morgan fingerprint density at radius 3 is 2.84 bits per heavy atom. The molecule has 0 aliphatic heterocycles. The molecule has 1 rings (SSSR count). The van der Waals surface area contributed by atoms with Crippen LogP contribution in [-0.2, 0) is 0 Å². The van der Waals surface area contributed by atoms with Crippen LogP contribution in [0.1, 0.15) is 31.3 Å². The predicted octanol–water partition coefficient (Wildman–Crippen LogP) is 1.58. The highest BCUT2D eigenvalue weighted by Crippen LogP contribution is 2.07. The van der Waals surface area contributed by atoms with E-state index in [1.165, 1.54) is 0 Å². The highest BCUT2D eigenvalue weighted by atomic mass is 16.1. The summed E-state index contributed by atoms with van der Waals surface area (Å²) in [5.41, 5.74) is 1.37. The van der Waals surface area contributed by atoms with Crippen LogP contribution in [0.15, 0.2) is 18.3 Å². The Balaban J connectivity index is 2.47. The van der Waals surface area contributed by atoms with Crippen molar-refractivity contribution in [2.75, 3.05) is 32.0 Å². The second-order valence-corrected chi connectivity index (χ2v) is 4.79. The largest absolute Gasteiger partial charge is 0.385 e. The van der Waals surface area contributed by atoms with E-state index in [-0.39, 0.29) is 5.91 Å². The Morgan fingerprint density at radius 1 is 1.47 bits per heavy atom. The number of rotatable bonds is 7. The first-order valence-electron chi connectivity index (χ1n) is 6.73. The van der Waals surface area contributed by atoms with Crippen LogP contribution < -0.4 is 10.6 Å². The number of hydrogen-bond donors (Lipinski definition) is 2. The first kappa shape index (κ1) is 15.4. The van der Waals surface area contributed by atoms with E-state index >= 15 is 0 Å². The van der Waals surface area contributed by atoms with Crippen molar-refractivity contribution in [2.24, 2.45) is 0 Å². The van der Waals surface area contributed by atoms with E-state index in [0.717, 1.165) is 18.8 Å². The highest BCUT2D eigenvalue weighted by Gasteiger charge is 2.08. The van der Waals surface area contributed by atoms with Gasteiger partial charge in [-0.1, -0.05) is 0 Å². The Bertz CT molecular complexity index is 406. The average molecular weight is 264 g/mol. The van der Waals surface area contributed by atoms with E-state index in [1.807, 2.05) is 20.0 Å². The van der Waals surface area contributed by atoms with E-state index in [0.29, 0.717) is 18.3 Å². The zero-order valence-corrected chi connectivity index (χ0v) is 12.2. The van der Waals surface area contributed by atoms with E-state index in [1.54, 1.807) is 12.3 Å². The van der Waals surface area contributed by atoms with Gasteiger partial charge in [-0.3, -0.25) is 9.78 Å². The van der Waals surface area contributed by atoms with Gasteiger partial charge in [-0.15, -0.1) is 0 Å². The van der Waals surface area contributed by atoms with Crippen LogP contribution in [0.3, 0.4) is 0 Å². The van der Waals surface area contributed by atoms with Crippen LogP contribution in [0.4, 0.5) is 5.69 Å². The lowest BCUT2D eigenvalue weighted by Gasteiger charge is -2.20. The van der Waals surface area contributed by atoms with Crippen molar-refractivity contribution in [3.63, 3.8) is 0 Å². The van der Waals surface area contributed by atoms with Gasteiger partial charge < -0.3 is 15.5 Å². The third-order valence-electron chi connectivity index (χ3n) is 3.01. The summed E-state index contributed by atoms with van der Waals surface area (Å²) in [6, 6.07) is 4.10. The van der Waals surface area contributed by atoms with Gasteiger partial charge in [0, 0.05) is 37.6 Å². The molecule has 1 heterocycles. The van der Waals surface area contributed by atoms with Crippen LogP contribution in [0.25, 0.3) is 0 Å². The molecule has 0 aliphatic carbocycles. The Kier molecular flexibility index (Phi) is 6.29. The summed E-state index contributed by atoms with van der Waals surface area (Å²) >= 11 is 0. The number of aromatic nitrogens is 1. The molecule has 0 unspecified atom stereocenters. The van der Waals surface area contributed by atoms with Gasteiger partial charge in [0.1, 0.15) is 5.69 Å². The van der Waals surface area contributed by atoms with Crippen LogP contribution >= 0.6 is 0 Å². The lowest BCUT2D eigenvalue weighted by atomic mass is 10.3. The van der Waals surface area contributed by atoms with Crippen molar-refractivity contribution in [1.29, 1.82) is 0 Å². The zero-order chi connectivity index (χ0) is 14.3. The number of amides is 1. The topological polar surface area (TPSA) is 57.3 Å². The maximum atomic E-state index is 11.9. The molecule has 2 N–H and O–H groups in total. The van der Waals surface area contributed by atoms with Gasteiger partial charge in [-0.05, 0) is 40.0 Å². The molecule has 19 heavy (non-hydrogen) atoms. The number of likely N-dealkylation sites (N-methyl/N-ethyl adjacent to an activating group) is 1. The summed E-state index contributed by atoms with van der Waals surface area (Å²) < 4.78 is 0. The quantitative estimate of drug-likeness (QED) is 0.785. The molecule has 0 spiro atoms. The molecule has 5 nitrogen and oxygen atoms in total. The van der Waals surface area contributed by atoms with Crippen molar-refractivity contribution in [3.8, 4) is 0 Å². The van der Waals surface area contributed by atoms with E-state index in [2.05, 4.69) is 34.4 Å². The number of nitrogens with one attached hydrogen (secondary N) is 2. The number of carbonyl (C=O) groups excluding carboxylic acids is 1. The third kappa shape index (κ3) is 5.26. The maximum Gasteiger partial charge on any atom is 0.269 e. The number of hydrogen-bond acceptors (Lipinski definition) is 4. The molecule has 0 atom stereocenters. The van der Waals surface area contributed by atoms with E-state index in [9.17, 15) is 4.79 Å². The minimum Gasteiger partial charge on any atom is -0.385 e. The fourth-order valence-corrected chi connectivity index (χ4v) is 1.56. The molecule has 5 heteroatoms. The summed E-state index contributed by atoms with van der Waals surface area (Å²) in [5.74, 6) is -0.128. The second-order valence-electron chi connectivity index (χ2n) is 4.79. The monoisotopic (exact) mass is 264 g/mol.